The molecule has 0 saturated carbocycles. The van der Waals surface area contributed by atoms with Crippen LogP contribution < -0.4 is 11.1 Å². The Labute approximate surface area is 116 Å². The smallest absolute Gasteiger partial charge is 0.138 e. The number of rotatable bonds is 3. The standard InChI is InChI=1S/C15H16N4O/c1-9-12(10(2)20-19-9)8-18-14-6-5-13-11(15(14)16)4-3-7-17-13/h3-7,18H,8,16H2,1-2H3. The Hall–Kier alpha value is -2.56. The van der Waals surface area contributed by atoms with E-state index in [9.17, 15) is 0 Å². The van der Waals surface area contributed by atoms with E-state index in [1.54, 1.807) is 6.20 Å². The van der Waals surface area contributed by atoms with Crippen molar-refractivity contribution < 1.29 is 4.52 Å². The Kier molecular flexibility index (Phi) is 3.02. The molecule has 0 radical (unpaired) electrons. The first-order valence-corrected chi connectivity index (χ1v) is 6.45. The second-order valence-electron chi connectivity index (χ2n) is 4.75. The average Bonchev–Trinajstić information content (AvgIpc) is 2.78. The summed E-state index contributed by atoms with van der Waals surface area (Å²) in [6, 6.07) is 7.76. The molecule has 5 nitrogen and oxygen atoms in total. The highest BCUT2D eigenvalue weighted by Crippen LogP contribution is 2.28. The topological polar surface area (TPSA) is 77.0 Å². The van der Waals surface area contributed by atoms with Gasteiger partial charge in [-0.3, -0.25) is 4.98 Å². The summed E-state index contributed by atoms with van der Waals surface area (Å²) in [6.45, 7) is 4.48. The zero-order chi connectivity index (χ0) is 14.1. The quantitative estimate of drug-likeness (QED) is 0.714. The average molecular weight is 268 g/mol. The molecule has 2 heterocycles. The number of anilines is 2. The minimum atomic E-state index is 0.636. The number of nitrogens with one attached hydrogen (secondary N) is 1. The Morgan fingerprint density at radius 2 is 2.10 bits per heavy atom. The molecule has 0 aliphatic heterocycles. The van der Waals surface area contributed by atoms with Crippen molar-refractivity contribution in [3.63, 3.8) is 0 Å². The van der Waals surface area contributed by atoms with E-state index in [4.69, 9.17) is 10.3 Å². The fourth-order valence-corrected chi connectivity index (χ4v) is 2.27. The van der Waals surface area contributed by atoms with Gasteiger partial charge in [0.2, 0.25) is 0 Å². The number of fused-ring (bicyclic) bond motifs is 1. The summed E-state index contributed by atoms with van der Waals surface area (Å²) in [7, 11) is 0. The second kappa shape index (κ2) is 4.85. The van der Waals surface area contributed by atoms with Crippen molar-refractivity contribution in [1.29, 1.82) is 0 Å². The third-order valence-corrected chi connectivity index (χ3v) is 3.46. The number of nitrogens with two attached hydrogens (primary N) is 1. The van der Waals surface area contributed by atoms with Gasteiger partial charge >= 0.3 is 0 Å². The van der Waals surface area contributed by atoms with E-state index in [0.717, 1.165) is 33.6 Å². The Morgan fingerprint density at radius 3 is 2.85 bits per heavy atom. The predicted octanol–water partition coefficient (Wildman–Crippen LogP) is 3.03. The molecule has 5 heteroatoms. The van der Waals surface area contributed by atoms with E-state index in [1.165, 1.54) is 0 Å². The number of aryl methyl sites for hydroxylation is 2. The van der Waals surface area contributed by atoms with Crippen LogP contribution in [0.25, 0.3) is 10.9 Å². The molecule has 0 fully saturated rings. The number of pyridine rings is 1. The van der Waals surface area contributed by atoms with Gasteiger partial charge in [-0.15, -0.1) is 0 Å². The van der Waals surface area contributed by atoms with Crippen molar-refractivity contribution in [2.45, 2.75) is 20.4 Å². The molecule has 1 aromatic carbocycles. The van der Waals surface area contributed by atoms with E-state index >= 15 is 0 Å². The highest BCUT2D eigenvalue weighted by Gasteiger charge is 2.10. The van der Waals surface area contributed by atoms with Crippen LogP contribution in [-0.2, 0) is 6.54 Å². The zero-order valence-electron chi connectivity index (χ0n) is 11.5. The van der Waals surface area contributed by atoms with Gasteiger partial charge in [0, 0.05) is 23.7 Å². The number of hydrogen-bond donors (Lipinski definition) is 2. The second-order valence-corrected chi connectivity index (χ2v) is 4.75. The van der Waals surface area contributed by atoms with Gasteiger partial charge < -0.3 is 15.6 Å². The third-order valence-electron chi connectivity index (χ3n) is 3.46. The number of nitrogens with zero attached hydrogens (tertiary/aromatic N) is 2. The van der Waals surface area contributed by atoms with Gasteiger partial charge in [-0.05, 0) is 38.1 Å². The summed E-state index contributed by atoms with van der Waals surface area (Å²) in [5.41, 5.74) is 10.7. The number of nitrogen functional groups attached to an aromatic ring is 1. The summed E-state index contributed by atoms with van der Waals surface area (Å²) >= 11 is 0. The summed E-state index contributed by atoms with van der Waals surface area (Å²) in [5.74, 6) is 0.830. The first-order valence-electron chi connectivity index (χ1n) is 6.45. The molecule has 0 spiro atoms. The molecule has 20 heavy (non-hydrogen) atoms. The van der Waals surface area contributed by atoms with Crippen LogP contribution in [-0.4, -0.2) is 10.1 Å². The van der Waals surface area contributed by atoms with Crippen molar-refractivity contribution >= 4 is 22.3 Å². The molecule has 0 unspecified atom stereocenters. The van der Waals surface area contributed by atoms with E-state index in [2.05, 4.69) is 15.5 Å². The summed E-state index contributed by atoms with van der Waals surface area (Å²) < 4.78 is 5.15. The van der Waals surface area contributed by atoms with Gasteiger partial charge in [-0.1, -0.05) is 5.16 Å². The van der Waals surface area contributed by atoms with Crippen molar-refractivity contribution in [1.82, 2.24) is 10.1 Å². The van der Waals surface area contributed by atoms with Crippen molar-refractivity contribution in [2.75, 3.05) is 11.1 Å². The Balaban J connectivity index is 1.90. The largest absolute Gasteiger partial charge is 0.397 e. The normalized spacial score (nSPS) is 10.9. The van der Waals surface area contributed by atoms with Crippen LogP contribution in [0, 0.1) is 13.8 Å². The molecule has 3 rings (SSSR count). The lowest BCUT2D eigenvalue weighted by atomic mass is 10.1. The fourth-order valence-electron chi connectivity index (χ4n) is 2.27. The molecule has 0 saturated heterocycles. The van der Waals surface area contributed by atoms with Crippen LogP contribution in [0.3, 0.4) is 0 Å². The van der Waals surface area contributed by atoms with Crippen molar-refractivity contribution in [2.24, 2.45) is 0 Å². The molecule has 3 aromatic rings. The van der Waals surface area contributed by atoms with E-state index < -0.39 is 0 Å². The maximum Gasteiger partial charge on any atom is 0.138 e. The van der Waals surface area contributed by atoms with E-state index in [0.29, 0.717) is 12.2 Å². The molecule has 2 aromatic heterocycles. The molecule has 0 bridgehead atoms. The molecular formula is C15H16N4O. The highest BCUT2D eigenvalue weighted by atomic mass is 16.5. The molecule has 0 aliphatic rings. The van der Waals surface area contributed by atoms with Gasteiger partial charge in [0.15, 0.2) is 0 Å². The highest BCUT2D eigenvalue weighted by molar-refractivity contribution is 5.96. The minimum Gasteiger partial charge on any atom is -0.397 e. The van der Waals surface area contributed by atoms with Crippen LogP contribution >= 0.6 is 0 Å². The Bertz CT molecular complexity index is 744. The molecule has 0 aliphatic carbocycles. The van der Waals surface area contributed by atoms with Crippen LogP contribution in [0.15, 0.2) is 35.0 Å². The molecular weight excluding hydrogens is 252 g/mol. The van der Waals surface area contributed by atoms with Crippen molar-refractivity contribution in [3.8, 4) is 0 Å². The lowest BCUT2D eigenvalue weighted by molar-refractivity contribution is 0.392. The summed E-state index contributed by atoms with van der Waals surface area (Å²) in [4.78, 5) is 4.29. The third kappa shape index (κ3) is 2.07. The zero-order valence-corrected chi connectivity index (χ0v) is 11.5. The van der Waals surface area contributed by atoms with E-state index in [-0.39, 0.29) is 0 Å². The summed E-state index contributed by atoms with van der Waals surface area (Å²) in [5, 5.41) is 8.24. The van der Waals surface area contributed by atoms with Gasteiger partial charge in [-0.2, -0.15) is 0 Å². The lowest BCUT2D eigenvalue weighted by Gasteiger charge is -2.11. The minimum absolute atomic E-state index is 0.636. The molecule has 102 valence electrons. The van der Waals surface area contributed by atoms with Gasteiger partial charge in [0.05, 0.1) is 22.6 Å². The SMILES string of the molecule is Cc1noc(C)c1CNc1ccc2ncccc2c1N. The monoisotopic (exact) mass is 268 g/mol. The molecule has 0 amide bonds. The number of benzene rings is 1. The van der Waals surface area contributed by atoms with Gasteiger partial charge in [0.1, 0.15) is 5.76 Å². The first-order chi connectivity index (χ1) is 9.66. The maximum absolute atomic E-state index is 6.19. The van der Waals surface area contributed by atoms with Gasteiger partial charge in [0.25, 0.3) is 0 Å². The predicted molar refractivity (Wildman–Crippen MR) is 79.5 cm³/mol. The maximum atomic E-state index is 6.19. The molecule has 0 atom stereocenters. The van der Waals surface area contributed by atoms with Crippen LogP contribution in [0.1, 0.15) is 17.0 Å². The van der Waals surface area contributed by atoms with Crippen LogP contribution in [0.4, 0.5) is 11.4 Å². The number of aromatic nitrogens is 2. The number of hydrogen-bond acceptors (Lipinski definition) is 5. The summed E-state index contributed by atoms with van der Waals surface area (Å²) in [6.07, 6.45) is 1.76. The Morgan fingerprint density at radius 1 is 1.25 bits per heavy atom. The van der Waals surface area contributed by atoms with Crippen molar-refractivity contribution in [3.05, 3.63) is 47.5 Å². The fraction of sp³-hybridized carbons (Fsp3) is 0.200. The van der Waals surface area contributed by atoms with Crippen LogP contribution in [0.5, 0.6) is 0 Å². The molecule has 3 N–H and O–H groups in total. The first kappa shape index (κ1) is 12.5. The van der Waals surface area contributed by atoms with Gasteiger partial charge in [-0.25, -0.2) is 0 Å². The van der Waals surface area contributed by atoms with Crippen LogP contribution in [0.2, 0.25) is 0 Å². The van der Waals surface area contributed by atoms with E-state index in [1.807, 2.05) is 38.1 Å². The lowest BCUT2D eigenvalue weighted by Crippen LogP contribution is -2.04.